The maximum Gasteiger partial charge on any atom is 0.335 e. The first-order valence-electron chi connectivity index (χ1n) is 5.97. The Kier molecular flexibility index (Phi) is 4.51. The fraction of sp³-hybridized carbons (Fsp3) is 0.231. The number of hydrogen-bond acceptors (Lipinski definition) is 3. The summed E-state index contributed by atoms with van der Waals surface area (Å²) in [5.41, 5.74) is -1.12. The summed E-state index contributed by atoms with van der Waals surface area (Å²) in [6, 6.07) is 3.11. The van der Waals surface area contributed by atoms with Crippen LogP contribution in [0.15, 0.2) is 26.2 Å². The standard InChI is InChI=1S/C13H11BrCl2N2O3/c1-5(2)8-11(19)17-13(21)18(12(8)20)7-4-3-6(14)9(15)10(7)16/h3-5,20H,1-2H3,(H,17,19,21). The van der Waals surface area contributed by atoms with Crippen LogP contribution >= 0.6 is 39.1 Å². The Balaban J connectivity index is 2.89. The van der Waals surface area contributed by atoms with Gasteiger partial charge in [-0.1, -0.05) is 37.0 Å². The average molecular weight is 394 g/mol. The topological polar surface area (TPSA) is 75.1 Å². The van der Waals surface area contributed by atoms with Crippen molar-refractivity contribution >= 4 is 39.1 Å². The van der Waals surface area contributed by atoms with Gasteiger partial charge in [0, 0.05) is 4.47 Å². The highest BCUT2D eigenvalue weighted by atomic mass is 79.9. The molecule has 0 fully saturated rings. The third-order valence-electron chi connectivity index (χ3n) is 2.95. The van der Waals surface area contributed by atoms with E-state index in [0.29, 0.717) is 4.47 Å². The van der Waals surface area contributed by atoms with E-state index in [1.807, 2.05) is 0 Å². The van der Waals surface area contributed by atoms with Gasteiger partial charge in [-0.05, 0) is 34.0 Å². The van der Waals surface area contributed by atoms with Crippen molar-refractivity contribution in [3.8, 4) is 11.6 Å². The molecule has 0 unspecified atom stereocenters. The fourth-order valence-electron chi connectivity index (χ4n) is 1.97. The van der Waals surface area contributed by atoms with Crippen molar-refractivity contribution in [2.24, 2.45) is 0 Å². The highest BCUT2D eigenvalue weighted by molar-refractivity contribution is 9.10. The lowest BCUT2D eigenvalue weighted by atomic mass is 10.1. The van der Waals surface area contributed by atoms with E-state index in [4.69, 9.17) is 23.2 Å². The van der Waals surface area contributed by atoms with Gasteiger partial charge in [-0.2, -0.15) is 0 Å². The molecule has 21 heavy (non-hydrogen) atoms. The summed E-state index contributed by atoms with van der Waals surface area (Å²) in [4.78, 5) is 26.0. The van der Waals surface area contributed by atoms with E-state index in [1.54, 1.807) is 19.9 Å². The van der Waals surface area contributed by atoms with Crippen LogP contribution in [-0.4, -0.2) is 14.7 Å². The number of halogens is 3. The number of aromatic amines is 1. The Morgan fingerprint density at radius 2 is 1.86 bits per heavy atom. The monoisotopic (exact) mass is 392 g/mol. The van der Waals surface area contributed by atoms with Crippen LogP contribution in [0.25, 0.3) is 5.69 Å². The van der Waals surface area contributed by atoms with Crippen molar-refractivity contribution in [1.82, 2.24) is 9.55 Å². The Hall–Kier alpha value is -1.24. The smallest absolute Gasteiger partial charge is 0.335 e. The van der Waals surface area contributed by atoms with Crippen molar-refractivity contribution in [3.63, 3.8) is 0 Å². The zero-order valence-electron chi connectivity index (χ0n) is 11.1. The Bertz CT molecular complexity index is 827. The van der Waals surface area contributed by atoms with E-state index >= 15 is 0 Å². The summed E-state index contributed by atoms with van der Waals surface area (Å²) in [5.74, 6) is -0.718. The van der Waals surface area contributed by atoms with Crippen LogP contribution in [0.3, 0.4) is 0 Å². The van der Waals surface area contributed by atoms with Crippen molar-refractivity contribution in [1.29, 1.82) is 0 Å². The van der Waals surface area contributed by atoms with Gasteiger partial charge >= 0.3 is 5.69 Å². The van der Waals surface area contributed by atoms with Gasteiger partial charge in [-0.25, -0.2) is 9.36 Å². The van der Waals surface area contributed by atoms with Crippen molar-refractivity contribution in [2.45, 2.75) is 19.8 Å². The molecule has 0 saturated carbocycles. The van der Waals surface area contributed by atoms with E-state index in [1.165, 1.54) is 6.07 Å². The van der Waals surface area contributed by atoms with Crippen molar-refractivity contribution in [3.05, 3.63) is 53.1 Å². The summed E-state index contributed by atoms with van der Waals surface area (Å²) in [6.45, 7) is 3.46. The molecule has 0 amide bonds. The minimum atomic E-state index is -0.790. The summed E-state index contributed by atoms with van der Waals surface area (Å²) < 4.78 is 1.48. The lowest BCUT2D eigenvalue weighted by Crippen LogP contribution is -2.32. The van der Waals surface area contributed by atoms with Crippen molar-refractivity contribution < 1.29 is 5.11 Å². The zero-order valence-corrected chi connectivity index (χ0v) is 14.2. The highest BCUT2D eigenvalue weighted by Crippen LogP contribution is 2.36. The summed E-state index contributed by atoms with van der Waals surface area (Å²) in [6.07, 6.45) is 0. The largest absolute Gasteiger partial charge is 0.494 e. The molecule has 8 heteroatoms. The van der Waals surface area contributed by atoms with E-state index in [9.17, 15) is 14.7 Å². The molecule has 0 saturated heterocycles. The molecule has 0 atom stereocenters. The lowest BCUT2D eigenvalue weighted by Gasteiger charge is -2.15. The maximum absolute atomic E-state index is 12.0. The van der Waals surface area contributed by atoms with Gasteiger partial charge < -0.3 is 5.11 Å². The Morgan fingerprint density at radius 3 is 2.43 bits per heavy atom. The second kappa shape index (κ2) is 5.87. The van der Waals surface area contributed by atoms with Gasteiger partial charge in [0.2, 0.25) is 5.88 Å². The van der Waals surface area contributed by atoms with Crippen LogP contribution in [0.1, 0.15) is 25.3 Å². The number of H-pyrrole nitrogens is 1. The summed E-state index contributed by atoms with van der Waals surface area (Å²) in [7, 11) is 0. The number of aromatic hydroxyl groups is 1. The molecule has 0 spiro atoms. The van der Waals surface area contributed by atoms with Crippen LogP contribution in [0.5, 0.6) is 5.88 Å². The number of nitrogens with zero attached hydrogens (tertiary/aromatic N) is 1. The fourth-order valence-corrected chi connectivity index (χ4v) is 2.82. The molecule has 1 aromatic carbocycles. The zero-order chi connectivity index (χ0) is 15.9. The predicted molar refractivity (Wildman–Crippen MR) is 86.1 cm³/mol. The second-order valence-corrected chi connectivity index (χ2v) is 6.29. The van der Waals surface area contributed by atoms with Crippen LogP contribution in [0, 0.1) is 0 Å². The minimum Gasteiger partial charge on any atom is -0.494 e. The van der Waals surface area contributed by atoms with Crippen molar-refractivity contribution in [2.75, 3.05) is 0 Å². The van der Waals surface area contributed by atoms with Crippen LogP contribution in [-0.2, 0) is 0 Å². The number of nitrogens with one attached hydrogen (secondary N) is 1. The second-order valence-electron chi connectivity index (χ2n) is 4.68. The normalized spacial score (nSPS) is 11.1. The molecule has 0 aliphatic rings. The first kappa shape index (κ1) is 16.1. The van der Waals surface area contributed by atoms with Gasteiger partial charge in [-0.15, -0.1) is 0 Å². The molecule has 5 nitrogen and oxygen atoms in total. The van der Waals surface area contributed by atoms with E-state index in [2.05, 4.69) is 20.9 Å². The van der Waals surface area contributed by atoms with Gasteiger partial charge in [0.15, 0.2) is 0 Å². The van der Waals surface area contributed by atoms with Gasteiger partial charge in [0.25, 0.3) is 5.56 Å². The molecular weight excluding hydrogens is 383 g/mol. The molecule has 2 rings (SSSR count). The third-order valence-corrected chi connectivity index (χ3v) is 4.71. The molecule has 1 heterocycles. The van der Waals surface area contributed by atoms with E-state index in [0.717, 1.165) is 4.57 Å². The lowest BCUT2D eigenvalue weighted by molar-refractivity contribution is 0.419. The molecule has 112 valence electrons. The maximum atomic E-state index is 12.0. The molecule has 2 N–H and O–H groups in total. The van der Waals surface area contributed by atoms with E-state index < -0.39 is 17.1 Å². The quantitative estimate of drug-likeness (QED) is 0.767. The molecule has 0 radical (unpaired) electrons. The average Bonchev–Trinajstić information content (AvgIpc) is 2.37. The SMILES string of the molecule is CC(C)c1c(O)n(-c2ccc(Br)c(Cl)c2Cl)c(=O)[nH]c1=O. The number of aromatic nitrogens is 2. The van der Waals surface area contributed by atoms with Gasteiger partial charge in [0.05, 0.1) is 21.3 Å². The molecule has 1 aromatic heterocycles. The summed E-state index contributed by atoms with van der Waals surface area (Å²) in [5, 5.41) is 10.6. The summed E-state index contributed by atoms with van der Waals surface area (Å²) >= 11 is 15.4. The molecule has 0 aliphatic heterocycles. The Labute approximate surface area is 138 Å². The Morgan fingerprint density at radius 1 is 1.24 bits per heavy atom. The minimum absolute atomic E-state index is 0.0881. The third kappa shape index (κ3) is 2.75. The highest BCUT2D eigenvalue weighted by Gasteiger charge is 2.20. The predicted octanol–water partition coefficient (Wildman–Crippen LogP) is 3.42. The van der Waals surface area contributed by atoms with E-state index in [-0.39, 0.29) is 27.2 Å². The molecular formula is C13H11BrCl2N2O3. The van der Waals surface area contributed by atoms with Gasteiger partial charge in [-0.3, -0.25) is 9.78 Å². The van der Waals surface area contributed by atoms with Crippen LogP contribution < -0.4 is 11.2 Å². The van der Waals surface area contributed by atoms with Crippen LogP contribution in [0.2, 0.25) is 10.0 Å². The first-order valence-corrected chi connectivity index (χ1v) is 7.52. The first-order chi connectivity index (χ1) is 9.75. The number of hydrogen-bond donors (Lipinski definition) is 2. The van der Waals surface area contributed by atoms with Crippen LogP contribution in [0.4, 0.5) is 0 Å². The molecule has 2 aromatic rings. The molecule has 0 aliphatic carbocycles. The molecule has 0 bridgehead atoms. The number of benzene rings is 1. The number of rotatable bonds is 2. The van der Waals surface area contributed by atoms with Gasteiger partial charge in [0.1, 0.15) is 0 Å².